The van der Waals surface area contributed by atoms with E-state index in [0.29, 0.717) is 41.2 Å². The van der Waals surface area contributed by atoms with Crippen LogP contribution < -0.4 is 9.47 Å². The number of hydrogen-bond acceptors (Lipinski definition) is 5. The van der Waals surface area contributed by atoms with Gasteiger partial charge in [-0.25, -0.2) is 0 Å². The predicted molar refractivity (Wildman–Crippen MR) is 134 cm³/mol. The molecule has 0 aliphatic carbocycles. The van der Waals surface area contributed by atoms with Crippen molar-refractivity contribution < 1.29 is 19.1 Å². The Labute approximate surface area is 205 Å². The van der Waals surface area contributed by atoms with Gasteiger partial charge in [0, 0.05) is 11.6 Å². The van der Waals surface area contributed by atoms with Gasteiger partial charge in [0.2, 0.25) is 0 Å². The Hall–Kier alpha value is -1.71. The minimum Gasteiger partial charge on any atom is -0.490 e. The summed E-state index contributed by atoms with van der Waals surface area (Å²) in [5.41, 5.74) is 1.74. The molecule has 0 unspecified atom stereocenters. The van der Waals surface area contributed by atoms with Gasteiger partial charge in [0.1, 0.15) is 6.61 Å². The van der Waals surface area contributed by atoms with E-state index in [-0.39, 0.29) is 11.1 Å². The van der Waals surface area contributed by atoms with Gasteiger partial charge < -0.3 is 9.47 Å². The largest absolute Gasteiger partial charge is 0.490 e. The molecule has 1 fully saturated rings. The maximum absolute atomic E-state index is 12.6. The number of nitrogens with zero attached hydrogens (tertiary/aromatic N) is 1. The van der Waals surface area contributed by atoms with Gasteiger partial charge in [-0.15, -0.1) is 0 Å². The van der Waals surface area contributed by atoms with Crippen LogP contribution in [0.2, 0.25) is 5.02 Å². The summed E-state index contributed by atoms with van der Waals surface area (Å²) in [6, 6.07) is 11.3. The van der Waals surface area contributed by atoms with Crippen molar-refractivity contribution in [3.63, 3.8) is 0 Å². The minimum atomic E-state index is -0.238. The number of thioether (sulfide) groups is 1. The fourth-order valence-corrected chi connectivity index (χ4v) is 4.88. The maximum atomic E-state index is 12.6. The van der Waals surface area contributed by atoms with Crippen LogP contribution in [0.25, 0.3) is 6.08 Å². The van der Waals surface area contributed by atoms with Crippen LogP contribution in [-0.4, -0.2) is 29.2 Å². The molecule has 2 amide bonds. The Balaban J connectivity index is 1.83. The second kappa shape index (κ2) is 11.2. The van der Waals surface area contributed by atoms with Gasteiger partial charge in [-0.1, -0.05) is 37.1 Å². The molecule has 1 aliphatic rings. The van der Waals surface area contributed by atoms with Crippen LogP contribution in [0.1, 0.15) is 37.8 Å². The van der Waals surface area contributed by atoms with E-state index in [1.54, 1.807) is 6.08 Å². The number of hydrogen-bond donors (Lipinski definition) is 0. The first kappa shape index (κ1) is 23.9. The quantitative estimate of drug-likeness (QED) is 0.246. The Morgan fingerprint density at radius 1 is 1.16 bits per heavy atom. The van der Waals surface area contributed by atoms with Crippen LogP contribution >= 0.6 is 46.0 Å². The number of ether oxygens (including phenoxy) is 2. The molecule has 1 heterocycles. The zero-order valence-electron chi connectivity index (χ0n) is 17.3. The molecule has 0 N–H and O–H groups in total. The lowest BCUT2D eigenvalue weighted by Crippen LogP contribution is -2.29. The van der Waals surface area contributed by atoms with Crippen LogP contribution in [0.4, 0.5) is 4.79 Å². The smallest absolute Gasteiger partial charge is 0.293 e. The van der Waals surface area contributed by atoms with Crippen molar-refractivity contribution in [2.24, 2.45) is 0 Å². The summed E-state index contributed by atoms with van der Waals surface area (Å²) in [5.74, 6) is 0.987. The molecule has 164 valence electrons. The van der Waals surface area contributed by atoms with Gasteiger partial charge in [0.15, 0.2) is 11.5 Å². The SMILES string of the molecule is CCCCN1C(=O)S/C(=C\c2cc(I)c(OCc3cccc(Cl)c3)c(OCC)c2)C1=O. The van der Waals surface area contributed by atoms with Crippen molar-refractivity contribution in [1.29, 1.82) is 0 Å². The van der Waals surface area contributed by atoms with E-state index in [9.17, 15) is 9.59 Å². The minimum absolute atomic E-state index is 0.217. The zero-order valence-corrected chi connectivity index (χ0v) is 21.1. The lowest BCUT2D eigenvalue weighted by atomic mass is 10.1. The van der Waals surface area contributed by atoms with Crippen LogP contribution in [0.5, 0.6) is 11.5 Å². The lowest BCUT2D eigenvalue weighted by Gasteiger charge is -2.15. The van der Waals surface area contributed by atoms with Gasteiger partial charge in [-0.2, -0.15) is 0 Å². The zero-order chi connectivity index (χ0) is 22.4. The Morgan fingerprint density at radius 2 is 1.97 bits per heavy atom. The number of halogens is 2. The van der Waals surface area contributed by atoms with E-state index in [1.807, 2.05) is 50.2 Å². The molecule has 31 heavy (non-hydrogen) atoms. The summed E-state index contributed by atoms with van der Waals surface area (Å²) in [6.45, 7) is 5.21. The van der Waals surface area contributed by atoms with E-state index >= 15 is 0 Å². The number of benzene rings is 2. The molecular weight excluding hydrogens is 549 g/mol. The summed E-state index contributed by atoms with van der Waals surface area (Å²) >= 11 is 9.22. The first-order valence-corrected chi connectivity index (χ1v) is 12.3. The van der Waals surface area contributed by atoms with E-state index in [4.69, 9.17) is 21.1 Å². The van der Waals surface area contributed by atoms with Crippen molar-refractivity contribution in [3.8, 4) is 11.5 Å². The molecule has 1 aliphatic heterocycles. The standard InChI is InChI=1S/C23H23ClINO4S/c1-3-5-9-26-22(27)20(31-23(26)28)13-16-11-18(25)21(19(12-16)29-4-2)30-14-15-7-6-8-17(24)10-15/h6-8,10-13H,3-5,9,14H2,1-2H3/b20-13-. The summed E-state index contributed by atoms with van der Waals surface area (Å²) in [6.07, 6.45) is 3.46. The number of rotatable bonds is 9. The molecule has 5 nitrogen and oxygen atoms in total. The summed E-state index contributed by atoms with van der Waals surface area (Å²) in [4.78, 5) is 26.6. The average Bonchev–Trinajstić information content (AvgIpc) is 2.98. The van der Waals surface area contributed by atoms with Crippen LogP contribution in [-0.2, 0) is 11.4 Å². The topological polar surface area (TPSA) is 55.8 Å². The van der Waals surface area contributed by atoms with Crippen molar-refractivity contribution in [3.05, 3.63) is 61.0 Å². The molecule has 2 aromatic rings. The fourth-order valence-electron chi connectivity index (χ4n) is 3.02. The summed E-state index contributed by atoms with van der Waals surface area (Å²) < 4.78 is 12.7. The van der Waals surface area contributed by atoms with Crippen molar-refractivity contribution >= 4 is 63.2 Å². The number of imide groups is 1. The van der Waals surface area contributed by atoms with E-state index in [2.05, 4.69) is 22.6 Å². The fraction of sp³-hybridized carbons (Fsp3) is 0.304. The first-order chi connectivity index (χ1) is 14.9. The van der Waals surface area contributed by atoms with Crippen molar-refractivity contribution in [1.82, 2.24) is 4.90 Å². The summed E-state index contributed by atoms with van der Waals surface area (Å²) in [7, 11) is 0. The maximum Gasteiger partial charge on any atom is 0.293 e. The summed E-state index contributed by atoms with van der Waals surface area (Å²) in [5, 5.41) is 0.440. The molecule has 1 saturated heterocycles. The Kier molecular flexibility index (Phi) is 8.68. The van der Waals surface area contributed by atoms with Crippen LogP contribution in [0.3, 0.4) is 0 Å². The van der Waals surface area contributed by atoms with Gasteiger partial charge >= 0.3 is 0 Å². The first-order valence-electron chi connectivity index (χ1n) is 10.0. The van der Waals surface area contributed by atoms with Crippen LogP contribution in [0, 0.1) is 3.57 Å². The van der Waals surface area contributed by atoms with Gasteiger partial charge in [0.05, 0.1) is 15.1 Å². The molecular formula is C23H23ClINO4S. The Bertz CT molecular complexity index is 1010. The third kappa shape index (κ3) is 6.17. The number of amides is 2. The second-order valence-corrected chi connectivity index (χ2v) is 9.46. The highest BCUT2D eigenvalue weighted by Gasteiger charge is 2.34. The molecule has 0 bridgehead atoms. The molecule has 3 rings (SSSR count). The highest BCUT2D eigenvalue weighted by Crippen LogP contribution is 2.38. The second-order valence-electron chi connectivity index (χ2n) is 6.87. The molecule has 8 heteroatoms. The molecule has 0 aromatic heterocycles. The molecule has 0 spiro atoms. The van der Waals surface area contributed by atoms with Gasteiger partial charge in [-0.3, -0.25) is 14.5 Å². The number of carbonyl (C=O) groups excluding carboxylic acids is 2. The van der Waals surface area contributed by atoms with Gasteiger partial charge in [-0.05, 0) is 89.2 Å². The molecule has 0 radical (unpaired) electrons. The number of unbranched alkanes of at least 4 members (excludes halogenated alkanes) is 1. The van der Waals surface area contributed by atoms with Crippen LogP contribution in [0.15, 0.2) is 41.3 Å². The predicted octanol–water partition coefficient (Wildman–Crippen LogP) is 6.76. The van der Waals surface area contributed by atoms with Crippen molar-refractivity contribution in [2.45, 2.75) is 33.3 Å². The normalized spacial score (nSPS) is 15.1. The molecule has 0 atom stereocenters. The monoisotopic (exact) mass is 571 g/mol. The van der Waals surface area contributed by atoms with E-state index < -0.39 is 0 Å². The Morgan fingerprint density at radius 3 is 2.68 bits per heavy atom. The third-order valence-electron chi connectivity index (χ3n) is 4.51. The molecule has 0 saturated carbocycles. The average molecular weight is 572 g/mol. The molecule has 2 aromatic carbocycles. The van der Waals surface area contributed by atoms with E-state index in [0.717, 1.165) is 39.3 Å². The third-order valence-corrected chi connectivity index (χ3v) is 6.45. The lowest BCUT2D eigenvalue weighted by molar-refractivity contribution is -0.122. The number of carbonyl (C=O) groups is 2. The van der Waals surface area contributed by atoms with Crippen molar-refractivity contribution in [2.75, 3.05) is 13.2 Å². The highest BCUT2D eigenvalue weighted by molar-refractivity contribution is 14.1. The van der Waals surface area contributed by atoms with E-state index in [1.165, 1.54) is 4.90 Å². The van der Waals surface area contributed by atoms with Gasteiger partial charge in [0.25, 0.3) is 11.1 Å². The highest BCUT2D eigenvalue weighted by atomic mass is 127.